The number of anilines is 1. The molecule has 5 rings (SSSR count). The number of phenols is 1. The minimum absolute atomic E-state index is 0.174. The first-order chi connectivity index (χ1) is 16.4. The van der Waals surface area contributed by atoms with Crippen LogP contribution in [-0.4, -0.2) is 77.9 Å². The highest BCUT2D eigenvalue weighted by Gasteiger charge is 2.51. The number of benzene rings is 1. The Balaban J connectivity index is 1.23. The fourth-order valence-electron chi connectivity index (χ4n) is 5.79. The number of hydrogen-bond acceptors (Lipinski definition) is 6. The molecule has 0 bridgehead atoms. The Kier molecular flexibility index (Phi) is 6.06. The lowest BCUT2D eigenvalue weighted by Gasteiger charge is -2.48. The molecule has 182 valence electrons. The van der Waals surface area contributed by atoms with Gasteiger partial charge in [0.25, 0.3) is 0 Å². The van der Waals surface area contributed by atoms with Crippen LogP contribution in [0.4, 0.5) is 19.4 Å². The molecular weight excluding hydrogens is 442 g/mol. The van der Waals surface area contributed by atoms with Gasteiger partial charge in [-0.15, -0.1) is 0 Å². The fraction of sp³-hybridized carbons (Fsp3) is 0.520. The zero-order chi connectivity index (χ0) is 23.9. The molecule has 34 heavy (non-hydrogen) atoms. The third-order valence-corrected chi connectivity index (χ3v) is 7.46. The number of carbonyl (C=O) groups is 1. The first-order valence-corrected chi connectivity index (χ1v) is 11.9. The van der Waals surface area contributed by atoms with Crippen LogP contribution in [0.25, 0.3) is 11.1 Å². The second-order valence-electron chi connectivity index (χ2n) is 9.66. The number of hydrogen-bond donors (Lipinski definition) is 1. The summed E-state index contributed by atoms with van der Waals surface area (Å²) in [4.78, 5) is 22.6. The fourth-order valence-corrected chi connectivity index (χ4v) is 5.79. The lowest BCUT2D eigenvalue weighted by atomic mass is 9.78. The molecule has 2 aromatic rings. The molecule has 1 saturated carbocycles. The maximum atomic E-state index is 14.5. The number of ether oxygens (including phenoxy) is 1. The number of piperazine rings is 1. The van der Waals surface area contributed by atoms with E-state index in [4.69, 9.17) is 4.74 Å². The van der Waals surface area contributed by atoms with E-state index in [1.54, 1.807) is 4.90 Å². The van der Waals surface area contributed by atoms with Gasteiger partial charge in [-0.2, -0.15) is 0 Å². The van der Waals surface area contributed by atoms with E-state index >= 15 is 0 Å². The summed E-state index contributed by atoms with van der Waals surface area (Å²) in [7, 11) is 0. The van der Waals surface area contributed by atoms with Gasteiger partial charge < -0.3 is 19.6 Å². The van der Waals surface area contributed by atoms with E-state index < -0.39 is 11.6 Å². The van der Waals surface area contributed by atoms with Crippen molar-refractivity contribution in [2.24, 2.45) is 5.41 Å². The molecule has 2 saturated heterocycles. The normalized spacial score (nSPS) is 22.1. The number of likely N-dealkylation sites (tertiary alicyclic amines) is 1. The molecule has 1 spiro atoms. The lowest BCUT2D eigenvalue weighted by molar-refractivity contribution is -0.00294. The van der Waals surface area contributed by atoms with E-state index in [2.05, 4.69) is 14.8 Å². The molecule has 0 unspecified atom stereocenters. The summed E-state index contributed by atoms with van der Waals surface area (Å²) >= 11 is 0. The van der Waals surface area contributed by atoms with Crippen LogP contribution < -0.4 is 4.90 Å². The Morgan fingerprint density at radius 2 is 1.94 bits per heavy atom. The van der Waals surface area contributed by atoms with Crippen molar-refractivity contribution in [2.75, 3.05) is 50.8 Å². The Morgan fingerprint density at radius 1 is 1.18 bits per heavy atom. The molecule has 3 aliphatic rings. The number of halogens is 2. The monoisotopic (exact) mass is 472 g/mol. The van der Waals surface area contributed by atoms with Crippen molar-refractivity contribution >= 4 is 11.9 Å². The quantitative estimate of drug-likeness (QED) is 0.729. The van der Waals surface area contributed by atoms with Gasteiger partial charge in [-0.25, -0.2) is 18.6 Å². The van der Waals surface area contributed by atoms with Crippen LogP contribution in [0.15, 0.2) is 30.5 Å². The first-order valence-electron chi connectivity index (χ1n) is 11.9. The standard InChI is InChI=1S/C25H30F2N4O3/c1-2-34-24(33)31-15-25(16-31)6-5-18(13-25)29-7-9-30(10-8-29)23-21(11-17(26)14-28-23)20-4-3-19(32)12-22(20)27/h3-4,11-12,14,18,32H,2,5-10,13,15-16H2,1H3/t18-/m1/s1. The second kappa shape index (κ2) is 9.02. The van der Waals surface area contributed by atoms with Gasteiger partial charge in [-0.3, -0.25) is 4.90 Å². The molecule has 7 nitrogen and oxygen atoms in total. The SMILES string of the molecule is CCOC(=O)N1CC2(CC[C@@H](N3CCN(c4ncc(F)cc4-c4ccc(O)cc4F)CC3)C2)C1. The zero-order valence-corrected chi connectivity index (χ0v) is 19.3. The molecule has 2 aliphatic heterocycles. The molecule has 1 aromatic carbocycles. The van der Waals surface area contributed by atoms with Gasteiger partial charge in [0.15, 0.2) is 0 Å². The summed E-state index contributed by atoms with van der Waals surface area (Å²) in [5, 5.41) is 9.54. The molecule has 1 atom stereocenters. The van der Waals surface area contributed by atoms with E-state index in [0.29, 0.717) is 37.1 Å². The zero-order valence-electron chi connectivity index (χ0n) is 19.3. The molecule has 3 fully saturated rings. The van der Waals surface area contributed by atoms with Crippen molar-refractivity contribution in [3.8, 4) is 16.9 Å². The van der Waals surface area contributed by atoms with Gasteiger partial charge in [-0.1, -0.05) is 0 Å². The Labute approximate surface area is 197 Å². The molecule has 3 heterocycles. The summed E-state index contributed by atoms with van der Waals surface area (Å²) in [5.41, 5.74) is 0.826. The molecule has 1 aliphatic carbocycles. The molecule has 0 radical (unpaired) electrons. The highest BCUT2D eigenvalue weighted by Crippen LogP contribution is 2.47. The number of aromatic hydroxyl groups is 1. The molecule has 1 N–H and O–H groups in total. The van der Waals surface area contributed by atoms with Crippen LogP contribution in [0.3, 0.4) is 0 Å². The number of amides is 1. The van der Waals surface area contributed by atoms with E-state index in [9.17, 15) is 18.7 Å². The third-order valence-electron chi connectivity index (χ3n) is 7.46. The van der Waals surface area contributed by atoms with Crippen molar-refractivity contribution in [1.29, 1.82) is 0 Å². The highest BCUT2D eigenvalue weighted by molar-refractivity contribution is 5.76. The maximum absolute atomic E-state index is 14.5. The van der Waals surface area contributed by atoms with Crippen molar-refractivity contribution in [1.82, 2.24) is 14.8 Å². The van der Waals surface area contributed by atoms with E-state index in [0.717, 1.165) is 57.7 Å². The third kappa shape index (κ3) is 4.29. The second-order valence-corrected chi connectivity index (χ2v) is 9.66. The summed E-state index contributed by atoms with van der Waals surface area (Å²) in [6.45, 7) is 6.90. The number of rotatable bonds is 4. The minimum atomic E-state index is -0.610. The van der Waals surface area contributed by atoms with Gasteiger partial charge in [0.2, 0.25) is 0 Å². The summed E-state index contributed by atoms with van der Waals surface area (Å²) in [6, 6.07) is 5.67. The van der Waals surface area contributed by atoms with Crippen molar-refractivity contribution < 1.29 is 23.4 Å². The number of pyridine rings is 1. The topological polar surface area (TPSA) is 69.1 Å². The van der Waals surface area contributed by atoms with Crippen molar-refractivity contribution in [2.45, 2.75) is 32.2 Å². The van der Waals surface area contributed by atoms with Crippen LogP contribution in [0.2, 0.25) is 0 Å². The number of phenolic OH excluding ortho intramolecular Hbond substituents is 1. The van der Waals surface area contributed by atoms with Crippen LogP contribution >= 0.6 is 0 Å². The average Bonchev–Trinajstić information content (AvgIpc) is 3.24. The molecule has 1 amide bonds. The first kappa shape index (κ1) is 22.8. The molecule has 1 aromatic heterocycles. The van der Waals surface area contributed by atoms with E-state index in [1.807, 2.05) is 6.92 Å². The van der Waals surface area contributed by atoms with E-state index in [1.165, 1.54) is 18.2 Å². The Bertz CT molecular complexity index is 1070. The Morgan fingerprint density at radius 3 is 2.65 bits per heavy atom. The van der Waals surface area contributed by atoms with Gasteiger partial charge in [0.05, 0.1) is 12.8 Å². The predicted octanol–water partition coefficient (Wildman–Crippen LogP) is 3.87. The lowest BCUT2D eigenvalue weighted by Crippen LogP contribution is -2.58. The Hall–Kier alpha value is -2.94. The van der Waals surface area contributed by atoms with Gasteiger partial charge >= 0.3 is 6.09 Å². The number of nitrogens with zero attached hydrogens (tertiary/aromatic N) is 4. The summed E-state index contributed by atoms with van der Waals surface area (Å²) < 4.78 is 33.7. The minimum Gasteiger partial charge on any atom is -0.508 e. The maximum Gasteiger partial charge on any atom is 0.409 e. The molecule has 9 heteroatoms. The van der Waals surface area contributed by atoms with E-state index in [-0.39, 0.29) is 22.8 Å². The highest BCUT2D eigenvalue weighted by atomic mass is 19.1. The van der Waals surface area contributed by atoms with Crippen LogP contribution in [0.5, 0.6) is 5.75 Å². The largest absolute Gasteiger partial charge is 0.508 e. The predicted molar refractivity (Wildman–Crippen MR) is 124 cm³/mol. The summed E-state index contributed by atoms with van der Waals surface area (Å²) in [5.74, 6) is -0.760. The number of aromatic nitrogens is 1. The van der Waals surface area contributed by atoms with Crippen LogP contribution in [-0.2, 0) is 4.74 Å². The number of carbonyl (C=O) groups excluding carboxylic acids is 1. The van der Waals surface area contributed by atoms with Crippen LogP contribution in [0.1, 0.15) is 26.2 Å². The van der Waals surface area contributed by atoms with Crippen LogP contribution in [0, 0.1) is 17.0 Å². The smallest absolute Gasteiger partial charge is 0.409 e. The van der Waals surface area contributed by atoms with Gasteiger partial charge in [-0.05, 0) is 44.4 Å². The van der Waals surface area contributed by atoms with Crippen molar-refractivity contribution in [3.63, 3.8) is 0 Å². The summed E-state index contributed by atoms with van der Waals surface area (Å²) in [6.07, 6.45) is 4.28. The van der Waals surface area contributed by atoms with Gasteiger partial charge in [0, 0.05) is 67.9 Å². The average molecular weight is 473 g/mol. The van der Waals surface area contributed by atoms with Crippen molar-refractivity contribution in [3.05, 3.63) is 42.1 Å². The molecular formula is C25H30F2N4O3. The van der Waals surface area contributed by atoms with Gasteiger partial charge in [0.1, 0.15) is 23.2 Å².